The van der Waals surface area contributed by atoms with Gasteiger partial charge in [0.25, 0.3) is 0 Å². The van der Waals surface area contributed by atoms with Crippen LogP contribution in [0, 0.1) is 6.92 Å². The van der Waals surface area contributed by atoms with E-state index in [4.69, 9.17) is 14.2 Å². The number of hydrogen-bond acceptors (Lipinski definition) is 5. The average molecular weight is 369 g/mol. The smallest absolute Gasteiger partial charge is 0.344 e. The maximum absolute atomic E-state index is 11.4. The van der Waals surface area contributed by atoms with Crippen molar-refractivity contribution in [3.05, 3.63) is 47.7 Å². The van der Waals surface area contributed by atoms with Crippen LogP contribution in [-0.4, -0.2) is 32.0 Å². The molecule has 0 radical (unpaired) electrons. The molecule has 1 atom stereocenters. The van der Waals surface area contributed by atoms with Crippen molar-refractivity contribution in [2.24, 2.45) is 0 Å². The van der Waals surface area contributed by atoms with Gasteiger partial charge in [-0.1, -0.05) is 25.5 Å². The van der Waals surface area contributed by atoms with Crippen LogP contribution in [0.4, 0.5) is 0 Å². The molecule has 1 heterocycles. The van der Waals surface area contributed by atoms with E-state index in [0.717, 1.165) is 41.9 Å². The zero-order valence-electron chi connectivity index (χ0n) is 16.7. The van der Waals surface area contributed by atoms with Crippen molar-refractivity contribution in [1.82, 2.24) is 4.98 Å². The van der Waals surface area contributed by atoms with Crippen LogP contribution in [0.3, 0.4) is 0 Å². The molecule has 0 saturated carbocycles. The molecule has 0 saturated heterocycles. The molecular formula is C21H28BNO4. The highest BCUT2D eigenvalue weighted by Crippen LogP contribution is 2.29. The molecule has 0 unspecified atom stereocenters. The van der Waals surface area contributed by atoms with Crippen LogP contribution < -0.4 is 15.1 Å². The second kappa shape index (κ2) is 10.6. The topological polar surface area (TPSA) is 57.7 Å². The molecule has 5 nitrogen and oxygen atoms in total. The predicted molar refractivity (Wildman–Crippen MR) is 109 cm³/mol. The van der Waals surface area contributed by atoms with Crippen LogP contribution in [0.25, 0.3) is 0 Å². The Balaban J connectivity index is 2.08. The Morgan fingerprint density at radius 1 is 1.22 bits per heavy atom. The third-order valence-electron chi connectivity index (χ3n) is 4.14. The number of aryl methyl sites for hydroxylation is 1. The SMILES string of the molecule is Bc1cccc([C@H](CCCC)Oc2ccc(OCC(=O)OCC)c(C)c2)n1. The summed E-state index contributed by atoms with van der Waals surface area (Å²) in [7, 11) is 1.99. The van der Waals surface area contributed by atoms with Gasteiger partial charge in [0.05, 0.1) is 12.3 Å². The van der Waals surface area contributed by atoms with Crippen molar-refractivity contribution >= 4 is 19.4 Å². The fourth-order valence-electron chi connectivity index (χ4n) is 2.76. The maximum atomic E-state index is 11.4. The summed E-state index contributed by atoms with van der Waals surface area (Å²) >= 11 is 0. The molecular weight excluding hydrogens is 341 g/mol. The van der Waals surface area contributed by atoms with Gasteiger partial charge in [-0.15, -0.1) is 0 Å². The van der Waals surface area contributed by atoms with Crippen molar-refractivity contribution in [2.45, 2.75) is 46.1 Å². The van der Waals surface area contributed by atoms with Crippen molar-refractivity contribution in [3.63, 3.8) is 0 Å². The van der Waals surface area contributed by atoms with Crippen LogP contribution in [0.15, 0.2) is 36.4 Å². The quantitative estimate of drug-likeness (QED) is 0.476. The third kappa shape index (κ3) is 6.63. The zero-order chi connectivity index (χ0) is 19.6. The van der Waals surface area contributed by atoms with Crippen molar-refractivity contribution in [2.75, 3.05) is 13.2 Å². The Hall–Kier alpha value is -2.50. The molecule has 0 fully saturated rings. The molecule has 144 valence electrons. The van der Waals surface area contributed by atoms with E-state index < -0.39 is 0 Å². The minimum atomic E-state index is -0.373. The summed E-state index contributed by atoms with van der Waals surface area (Å²) in [5, 5.41) is 0. The molecule has 0 spiro atoms. The lowest BCUT2D eigenvalue weighted by molar-refractivity contribution is -0.145. The van der Waals surface area contributed by atoms with Crippen molar-refractivity contribution in [1.29, 1.82) is 0 Å². The number of ether oxygens (including phenoxy) is 3. The van der Waals surface area contributed by atoms with E-state index in [9.17, 15) is 4.79 Å². The second-order valence-electron chi connectivity index (χ2n) is 6.47. The fourth-order valence-corrected chi connectivity index (χ4v) is 2.76. The van der Waals surface area contributed by atoms with Crippen LogP contribution in [0.2, 0.25) is 0 Å². The first-order chi connectivity index (χ1) is 13.0. The summed E-state index contributed by atoms with van der Waals surface area (Å²) in [4.78, 5) is 16.1. The van der Waals surface area contributed by atoms with E-state index in [1.807, 2.05) is 51.2 Å². The second-order valence-corrected chi connectivity index (χ2v) is 6.47. The van der Waals surface area contributed by atoms with Crippen LogP contribution in [0.5, 0.6) is 11.5 Å². The molecule has 2 rings (SSSR count). The van der Waals surface area contributed by atoms with Crippen molar-refractivity contribution in [3.8, 4) is 11.5 Å². The molecule has 0 aliphatic heterocycles. The number of unbranched alkanes of at least 4 members (excludes halogenated alkanes) is 1. The van der Waals surface area contributed by atoms with Gasteiger partial charge in [0.15, 0.2) is 14.5 Å². The highest BCUT2D eigenvalue weighted by atomic mass is 16.6. The Morgan fingerprint density at radius 3 is 2.70 bits per heavy atom. The molecule has 27 heavy (non-hydrogen) atoms. The molecule has 6 heteroatoms. The first-order valence-electron chi connectivity index (χ1n) is 9.52. The lowest BCUT2D eigenvalue weighted by Crippen LogP contribution is -2.16. The van der Waals surface area contributed by atoms with Gasteiger partial charge in [0.2, 0.25) is 0 Å². The highest BCUT2D eigenvalue weighted by molar-refractivity contribution is 6.30. The van der Waals surface area contributed by atoms with Crippen molar-refractivity contribution < 1.29 is 19.0 Å². The van der Waals surface area contributed by atoms with Gasteiger partial charge >= 0.3 is 5.97 Å². The van der Waals surface area contributed by atoms with E-state index in [1.54, 1.807) is 6.92 Å². The summed E-state index contributed by atoms with van der Waals surface area (Å²) in [5.41, 5.74) is 2.84. The number of carbonyl (C=O) groups excluding carboxylic acids is 1. The van der Waals surface area contributed by atoms with Crippen LogP contribution >= 0.6 is 0 Å². The predicted octanol–water partition coefficient (Wildman–Crippen LogP) is 2.90. The number of carbonyl (C=O) groups is 1. The molecule has 1 aromatic carbocycles. The van der Waals surface area contributed by atoms with Gasteiger partial charge in [-0.2, -0.15) is 0 Å². The average Bonchev–Trinajstić information content (AvgIpc) is 2.64. The maximum Gasteiger partial charge on any atom is 0.344 e. The number of pyridine rings is 1. The molecule has 2 aromatic rings. The lowest BCUT2D eigenvalue weighted by Gasteiger charge is -2.20. The number of benzene rings is 1. The Morgan fingerprint density at radius 2 is 2.04 bits per heavy atom. The summed E-state index contributed by atoms with van der Waals surface area (Å²) in [6.45, 7) is 6.12. The number of nitrogens with zero attached hydrogens (tertiary/aromatic N) is 1. The third-order valence-corrected chi connectivity index (χ3v) is 4.14. The zero-order valence-corrected chi connectivity index (χ0v) is 16.7. The largest absolute Gasteiger partial charge is 0.484 e. The summed E-state index contributed by atoms with van der Waals surface area (Å²) < 4.78 is 16.7. The number of hydrogen-bond donors (Lipinski definition) is 0. The first kappa shape index (κ1) is 20.8. The van der Waals surface area contributed by atoms with E-state index in [1.165, 1.54) is 0 Å². The standard InChI is InChI=1S/C21H28BNO4/c1-4-6-9-19(17-8-7-10-20(22)23-17)27-16-11-12-18(15(3)13-16)26-14-21(24)25-5-2/h7-8,10-13,19H,4-6,9,14,22H2,1-3H3/t19-/m0/s1. The van der Waals surface area contributed by atoms with Gasteiger partial charge in [0, 0.05) is 0 Å². The van der Waals surface area contributed by atoms with Crippen LogP contribution in [-0.2, 0) is 9.53 Å². The summed E-state index contributed by atoms with van der Waals surface area (Å²) in [6.07, 6.45) is 2.99. The van der Waals surface area contributed by atoms with E-state index in [0.29, 0.717) is 12.4 Å². The van der Waals surface area contributed by atoms with E-state index >= 15 is 0 Å². The highest BCUT2D eigenvalue weighted by Gasteiger charge is 2.16. The summed E-state index contributed by atoms with van der Waals surface area (Å²) in [6, 6.07) is 11.6. The molecule has 0 aliphatic carbocycles. The molecule has 1 aromatic heterocycles. The number of esters is 1. The lowest BCUT2D eigenvalue weighted by atomic mass is 10.0. The minimum Gasteiger partial charge on any atom is -0.484 e. The van der Waals surface area contributed by atoms with Gasteiger partial charge in [-0.25, -0.2) is 4.79 Å². The van der Waals surface area contributed by atoms with Gasteiger partial charge < -0.3 is 14.2 Å². The Labute approximate surface area is 162 Å². The summed E-state index contributed by atoms with van der Waals surface area (Å²) in [5.74, 6) is 1.04. The fraction of sp³-hybridized carbons (Fsp3) is 0.429. The monoisotopic (exact) mass is 369 g/mol. The van der Waals surface area contributed by atoms with Gasteiger partial charge in [0.1, 0.15) is 17.6 Å². The Bertz CT molecular complexity index is 751. The Kier molecular flexibility index (Phi) is 8.17. The first-order valence-corrected chi connectivity index (χ1v) is 9.52. The number of rotatable bonds is 10. The van der Waals surface area contributed by atoms with E-state index in [-0.39, 0.29) is 18.7 Å². The normalized spacial score (nSPS) is 11.7. The molecule has 0 bridgehead atoms. The number of aromatic nitrogens is 1. The van der Waals surface area contributed by atoms with Crippen LogP contribution in [0.1, 0.15) is 50.5 Å². The van der Waals surface area contributed by atoms with Gasteiger partial charge in [-0.05, 0) is 62.1 Å². The molecule has 0 N–H and O–H groups in total. The minimum absolute atomic E-state index is 0.0875. The van der Waals surface area contributed by atoms with Gasteiger partial charge in [-0.3, -0.25) is 4.98 Å². The molecule has 0 aliphatic rings. The molecule has 0 amide bonds. The van der Waals surface area contributed by atoms with E-state index in [2.05, 4.69) is 11.9 Å².